The molecule has 0 saturated carbocycles. The molecule has 0 bridgehead atoms. The van der Waals surface area contributed by atoms with E-state index in [0.29, 0.717) is 16.3 Å². The first-order chi connectivity index (χ1) is 9.29. The Bertz CT molecular complexity index is 535. The molecule has 0 aromatic heterocycles. The number of ether oxygens (including phenoxy) is 1. The summed E-state index contributed by atoms with van der Waals surface area (Å²) in [4.78, 5) is 12.0. The zero-order valence-corrected chi connectivity index (χ0v) is 12.9. The van der Waals surface area contributed by atoms with Gasteiger partial charge in [0.1, 0.15) is 11.8 Å². The molecule has 1 amide bonds. The third-order valence-electron chi connectivity index (χ3n) is 3.09. The molecule has 0 aliphatic carbocycles. The van der Waals surface area contributed by atoms with Crippen LogP contribution in [-0.2, 0) is 4.79 Å². The Morgan fingerprint density at radius 2 is 2.20 bits per heavy atom. The Hall–Kier alpha value is -1.73. The van der Waals surface area contributed by atoms with Gasteiger partial charge in [0.15, 0.2) is 6.10 Å². The van der Waals surface area contributed by atoms with Gasteiger partial charge in [0.25, 0.3) is 5.91 Å². The number of amides is 1. The van der Waals surface area contributed by atoms with Crippen LogP contribution < -0.4 is 10.1 Å². The lowest BCUT2D eigenvalue weighted by Gasteiger charge is -2.26. The molecule has 1 rings (SSSR count). The van der Waals surface area contributed by atoms with Crippen LogP contribution in [0.5, 0.6) is 5.75 Å². The quantitative estimate of drug-likeness (QED) is 0.906. The number of nitrogens with zero attached hydrogens (tertiary/aromatic N) is 1. The van der Waals surface area contributed by atoms with Gasteiger partial charge in [-0.25, -0.2) is 0 Å². The number of hydrogen-bond acceptors (Lipinski definition) is 3. The molecule has 0 saturated heterocycles. The summed E-state index contributed by atoms with van der Waals surface area (Å²) >= 11 is 5.92. The second-order valence-corrected chi connectivity index (χ2v) is 5.65. The van der Waals surface area contributed by atoms with Crippen LogP contribution in [0.1, 0.15) is 39.7 Å². The number of benzene rings is 1. The lowest BCUT2D eigenvalue weighted by Crippen LogP contribution is -2.48. The van der Waals surface area contributed by atoms with Crippen LogP contribution in [0, 0.1) is 11.3 Å². The van der Waals surface area contributed by atoms with E-state index in [1.165, 1.54) is 6.07 Å². The first kappa shape index (κ1) is 16.3. The summed E-state index contributed by atoms with van der Waals surface area (Å²) in [5.41, 5.74) is 0.111. The minimum Gasteiger partial charge on any atom is -0.481 e. The number of nitriles is 1. The van der Waals surface area contributed by atoms with Gasteiger partial charge in [-0.1, -0.05) is 18.5 Å². The average molecular weight is 295 g/mol. The van der Waals surface area contributed by atoms with E-state index in [4.69, 9.17) is 21.6 Å². The van der Waals surface area contributed by atoms with Gasteiger partial charge in [0, 0.05) is 11.6 Å². The van der Waals surface area contributed by atoms with Crippen LogP contribution in [0.15, 0.2) is 18.2 Å². The molecule has 0 heterocycles. The van der Waals surface area contributed by atoms with Crippen molar-refractivity contribution in [2.75, 3.05) is 0 Å². The van der Waals surface area contributed by atoms with E-state index in [0.717, 1.165) is 6.42 Å². The van der Waals surface area contributed by atoms with E-state index in [9.17, 15) is 4.79 Å². The van der Waals surface area contributed by atoms with Crippen LogP contribution in [-0.4, -0.2) is 17.6 Å². The highest BCUT2D eigenvalue weighted by molar-refractivity contribution is 6.31. The first-order valence-electron chi connectivity index (χ1n) is 6.47. The summed E-state index contributed by atoms with van der Waals surface area (Å²) in [5, 5.41) is 12.0. The Morgan fingerprint density at radius 1 is 1.55 bits per heavy atom. The summed E-state index contributed by atoms with van der Waals surface area (Å²) in [6, 6.07) is 6.70. The number of carbonyl (C=O) groups is 1. The lowest BCUT2D eigenvalue weighted by molar-refractivity contribution is -0.128. The number of carbonyl (C=O) groups excluding carboxylic acids is 1. The van der Waals surface area contributed by atoms with Crippen LogP contribution in [0.25, 0.3) is 0 Å². The van der Waals surface area contributed by atoms with Crippen molar-refractivity contribution < 1.29 is 9.53 Å². The van der Waals surface area contributed by atoms with Gasteiger partial charge in [-0.05, 0) is 39.3 Å². The molecule has 0 aliphatic heterocycles. The summed E-state index contributed by atoms with van der Waals surface area (Å²) < 4.78 is 5.54. The van der Waals surface area contributed by atoms with E-state index in [-0.39, 0.29) is 11.4 Å². The fourth-order valence-electron chi connectivity index (χ4n) is 1.44. The van der Waals surface area contributed by atoms with Crippen LogP contribution >= 0.6 is 11.6 Å². The third-order valence-corrected chi connectivity index (χ3v) is 3.40. The van der Waals surface area contributed by atoms with Gasteiger partial charge in [0.2, 0.25) is 0 Å². The molecule has 0 fully saturated rings. The third kappa shape index (κ3) is 4.43. The van der Waals surface area contributed by atoms with Crippen LogP contribution in [0.2, 0.25) is 5.02 Å². The zero-order chi connectivity index (χ0) is 15.3. The molecule has 4 nitrogen and oxygen atoms in total. The molecule has 20 heavy (non-hydrogen) atoms. The molecule has 1 aromatic rings. The number of hydrogen-bond donors (Lipinski definition) is 1. The number of halogens is 1. The highest BCUT2D eigenvalue weighted by Gasteiger charge is 2.23. The molecule has 1 atom stereocenters. The SMILES string of the molecule is CCC(C)(C)NC(=O)C(C)Oc1ccc(C#N)c(Cl)c1. The maximum atomic E-state index is 12.0. The summed E-state index contributed by atoms with van der Waals surface area (Å²) in [6.45, 7) is 7.59. The molecule has 1 unspecified atom stereocenters. The fraction of sp³-hybridized carbons (Fsp3) is 0.467. The van der Waals surface area contributed by atoms with Gasteiger partial charge in [-0.2, -0.15) is 5.26 Å². The van der Waals surface area contributed by atoms with Crippen molar-refractivity contribution in [3.63, 3.8) is 0 Å². The number of rotatable bonds is 5. The second kappa shape index (κ2) is 6.62. The van der Waals surface area contributed by atoms with Crippen molar-refractivity contribution in [3.05, 3.63) is 28.8 Å². The molecule has 0 aliphatic rings. The first-order valence-corrected chi connectivity index (χ1v) is 6.85. The van der Waals surface area contributed by atoms with Crippen molar-refractivity contribution >= 4 is 17.5 Å². The summed E-state index contributed by atoms with van der Waals surface area (Å²) in [7, 11) is 0. The normalized spacial score (nSPS) is 12.4. The zero-order valence-electron chi connectivity index (χ0n) is 12.2. The van der Waals surface area contributed by atoms with Gasteiger partial charge < -0.3 is 10.1 Å². The topological polar surface area (TPSA) is 62.1 Å². The lowest BCUT2D eigenvalue weighted by atomic mass is 10.0. The van der Waals surface area contributed by atoms with Crippen molar-refractivity contribution in [3.8, 4) is 11.8 Å². The number of nitrogens with one attached hydrogen (secondary N) is 1. The molecule has 1 aromatic carbocycles. The molecule has 0 radical (unpaired) electrons. The Labute approximate surface area is 124 Å². The predicted octanol–water partition coefficient (Wildman–Crippen LogP) is 3.28. The highest BCUT2D eigenvalue weighted by Crippen LogP contribution is 2.22. The van der Waals surface area contributed by atoms with E-state index in [1.54, 1.807) is 19.1 Å². The van der Waals surface area contributed by atoms with Crippen molar-refractivity contribution in [1.82, 2.24) is 5.32 Å². The van der Waals surface area contributed by atoms with E-state index in [1.807, 2.05) is 26.8 Å². The van der Waals surface area contributed by atoms with E-state index in [2.05, 4.69) is 5.32 Å². The summed E-state index contributed by atoms with van der Waals surface area (Å²) in [6.07, 6.45) is 0.193. The van der Waals surface area contributed by atoms with Crippen molar-refractivity contribution in [2.24, 2.45) is 0 Å². The highest BCUT2D eigenvalue weighted by atomic mass is 35.5. The van der Waals surface area contributed by atoms with Gasteiger partial charge in [-0.3, -0.25) is 4.79 Å². The maximum absolute atomic E-state index is 12.0. The van der Waals surface area contributed by atoms with Gasteiger partial charge in [-0.15, -0.1) is 0 Å². The molecule has 5 heteroatoms. The summed E-state index contributed by atoms with van der Waals surface area (Å²) in [5.74, 6) is 0.281. The molecular weight excluding hydrogens is 276 g/mol. The van der Waals surface area contributed by atoms with E-state index >= 15 is 0 Å². The van der Waals surface area contributed by atoms with Crippen LogP contribution in [0.4, 0.5) is 0 Å². The molecular formula is C15H19ClN2O2. The monoisotopic (exact) mass is 294 g/mol. The van der Waals surface area contributed by atoms with Crippen LogP contribution in [0.3, 0.4) is 0 Å². The minimum atomic E-state index is -0.634. The Balaban J connectivity index is 2.71. The van der Waals surface area contributed by atoms with Gasteiger partial charge in [0.05, 0.1) is 10.6 Å². The Kier molecular flexibility index (Phi) is 5.41. The van der Waals surface area contributed by atoms with Crippen molar-refractivity contribution in [1.29, 1.82) is 5.26 Å². The molecule has 108 valence electrons. The fourth-order valence-corrected chi connectivity index (χ4v) is 1.65. The van der Waals surface area contributed by atoms with E-state index < -0.39 is 6.10 Å². The standard InChI is InChI=1S/C15H19ClN2O2/c1-5-15(3,4)18-14(19)10(2)20-12-7-6-11(9-17)13(16)8-12/h6-8,10H,5H2,1-4H3,(H,18,19). The predicted molar refractivity (Wildman–Crippen MR) is 78.8 cm³/mol. The second-order valence-electron chi connectivity index (χ2n) is 5.24. The minimum absolute atomic E-state index is 0.183. The Morgan fingerprint density at radius 3 is 2.70 bits per heavy atom. The molecule has 1 N–H and O–H groups in total. The smallest absolute Gasteiger partial charge is 0.261 e. The largest absolute Gasteiger partial charge is 0.481 e. The maximum Gasteiger partial charge on any atom is 0.261 e. The van der Waals surface area contributed by atoms with Crippen molar-refractivity contribution in [2.45, 2.75) is 45.8 Å². The van der Waals surface area contributed by atoms with Gasteiger partial charge >= 0.3 is 0 Å². The average Bonchev–Trinajstić information content (AvgIpc) is 2.38. The molecule has 0 spiro atoms.